The van der Waals surface area contributed by atoms with Gasteiger partial charge in [-0.05, 0) is 44.0 Å². The Kier molecular flexibility index (Phi) is 2.52. The van der Waals surface area contributed by atoms with Crippen LogP contribution in [0.3, 0.4) is 0 Å². The van der Waals surface area contributed by atoms with Gasteiger partial charge >= 0.3 is 0 Å². The van der Waals surface area contributed by atoms with Gasteiger partial charge in [-0.3, -0.25) is 4.79 Å². The normalized spacial score (nSPS) is 11.1. The summed E-state index contributed by atoms with van der Waals surface area (Å²) in [5.74, 6) is 0.686. The minimum Gasteiger partial charge on any atom is -0.267 e. The molecule has 3 aromatic rings. The molecule has 0 radical (unpaired) electrons. The van der Waals surface area contributed by atoms with Gasteiger partial charge in [-0.25, -0.2) is 15.0 Å². The maximum absolute atomic E-state index is 11.8. The molecule has 0 aliphatic heterocycles. The lowest BCUT2D eigenvalue weighted by molar-refractivity contribution is 1.09. The van der Waals surface area contributed by atoms with Crippen LogP contribution in [0.15, 0.2) is 29.2 Å². The van der Waals surface area contributed by atoms with Crippen molar-refractivity contribution in [3.8, 4) is 0 Å². The Morgan fingerprint density at radius 3 is 2.47 bits per heavy atom. The van der Waals surface area contributed by atoms with Crippen LogP contribution in [0.4, 0.5) is 0 Å². The first-order valence-corrected chi connectivity index (χ1v) is 6.10. The zero-order valence-electron chi connectivity index (χ0n) is 11.1. The van der Waals surface area contributed by atoms with E-state index in [2.05, 4.69) is 15.0 Å². The quantitative estimate of drug-likeness (QED) is 0.616. The number of benzene rings is 1. The monoisotopic (exact) mass is 251 g/mol. The molecular weight excluding hydrogens is 238 g/mol. The van der Waals surface area contributed by atoms with E-state index in [1.807, 2.05) is 32.9 Å². The summed E-state index contributed by atoms with van der Waals surface area (Å²) in [7, 11) is 0. The number of nitrogens with zero attached hydrogens (tertiary/aromatic N) is 3. The summed E-state index contributed by atoms with van der Waals surface area (Å²) in [6.45, 7) is 5.89. The predicted molar refractivity (Wildman–Crippen MR) is 75.3 cm³/mol. The molecule has 0 bridgehead atoms. The van der Waals surface area contributed by atoms with Gasteiger partial charge in [0.05, 0.1) is 11.0 Å². The van der Waals surface area contributed by atoms with Crippen molar-refractivity contribution in [2.45, 2.75) is 20.8 Å². The van der Waals surface area contributed by atoms with Crippen LogP contribution in [-0.2, 0) is 0 Å². The number of aromatic nitrogens is 3. The number of hydrogen-bond donors (Lipinski definition) is 0. The molecule has 2 heterocycles. The minimum absolute atomic E-state index is 0.268. The van der Waals surface area contributed by atoms with Gasteiger partial charge in [0.25, 0.3) is 5.56 Å². The fraction of sp³-hybridized carbons (Fsp3) is 0.200. The molecule has 4 nitrogen and oxygen atoms in total. The fourth-order valence-corrected chi connectivity index (χ4v) is 2.17. The van der Waals surface area contributed by atoms with E-state index in [0.717, 1.165) is 27.4 Å². The van der Waals surface area contributed by atoms with Crippen molar-refractivity contribution in [3.63, 3.8) is 0 Å². The maximum Gasteiger partial charge on any atom is 0.271 e. The molecule has 0 N–H and O–H groups in total. The number of rotatable bonds is 0. The van der Waals surface area contributed by atoms with Crippen LogP contribution in [0.5, 0.6) is 0 Å². The van der Waals surface area contributed by atoms with E-state index in [1.165, 1.54) is 6.07 Å². The SMILES string of the molecule is Cc1ncc2cc(=O)nc3cc(C)c(C)cc3c2n1. The van der Waals surface area contributed by atoms with Gasteiger partial charge < -0.3 is 0 Å². The molecule has 0 aliphatic carbocycles. The molecule has 0 aliphatic rings. The summed E-state index contributed by atoms with van der Waals surface area (Å²) in [4.78, 5) is 24.5. The van der Waals surface area contributed by atoms with Crippen molar-refractivity contribution in [2.75, 3.05) is 0 Å². The third kappa shape index (κ3) is 1.95. The first kappa shape index (κ1) is 11.7. The van der Waals surface area contributed by atoms with E-state index < -0.39 is 0 Å². The highest BCUT2D eigenvalue weighted by Gasteiger charge is 2.06. The molecule has 0 saturated carbocycles. The third-order valence-corrected chi connectivity index (χ3v) is 3.31. The number of hydrogen-bond acceptors (Lipinski definition) is 4. The summed E-state index contributed by atoms with van der Waals surface area (Å²) in [5.41, 5.74) is 3.46. The summed E-state index contributed by atoms with van der Waals surface area (Å²) >= 11 is 0. The highest BCUT2D eigenvalue weighted by molar-refractivity contribution is 6.02. The largest absolute Gasteiger partial charge is 0.271 e. The number of aryl methyl sites for hydroxylation is 3. The second-order valence-electron chi connectivity index (χ2n) is 4.77. The average Bonchev–Trinajstić information content (AvgIpc) is 2.47. The standard InChI is InChI=1S/C15H13N3O/c1-8-4-12-13(5-9(8)2)18-14(19)6-11-7-16-10(3)17-15(11)12/h4-7H,1-3H3. The summed E-state index contributed by atoms with van der Waals surface area (Å²) in [5, 5.41) is 1.62. The molecule has 0 amide bonds. The van der Waals surface area contributed by atoms with Gasteiger partial charge in [-0.15, -0.1) is 0 Å². The van der Waals surface area contributed by atoms with Crippen LogP contribution in [-0.4, -0.2) is 15.0 Å². The Hall–Kier alpha value is -2.36. The Morgan fingerprint density at radius 2 is 1.68 bits per heavy atom. The van der Waals surface area contributed by atoms with E-state index in [1.54, 1.807) is 6.20 Å². The van der Waals surface area contributed by atoms with Crippen LogP contribution in [0, 0.1) is 20.8 Å². The van der Waals surface area contributed by atoms with Crippen LogP contribution in [0.25, 0.3) is 21.8 Å². The lowest BCUT2D eigenvalue weighted by atomic mass is 10.1. The van der Waals surface area contributed by atoms with Gasteiger partial charge in [0, 0.05) is 23.0 Å². The summed E-state index contributed by atoms with van der Waals surface area (Å²) < 4.78 is 0. The molecule has 0 saturated heterocycles. The summed E-state index contributed by atoms with van der Waals surface area (Å²) in [6, 6.07) is 5.45. The molecule has 2 aromatic heterocycles. The second-order valence-corrected chi connectivity index (χ2v) is 4.77. The van der Waals surface area contributed by atoms with Crippen molar-refractivity contribution < 1.29 is 0 Å². The Labute approximate surface area is 110 Å². The van der Waals surface area contributed by atoms with Crippen molar-refractivity contribution >= 4 is 21.8 Å². The highest BCUT2D eigenvalue weighted by Crippen LogP contribution is 2.22. The zero-order valence-corrected chi connectivity index (χ0v) is 11.1. The van der Waals surface area contributed by atoms with Crippen molar-refractivity contribution in [2.24, 2.45) is 0 Å². The molecule has 0 fully saturated rings. The van der Waals surface area contributed by atoms with Gasteiger partial charge in [0.15, 0.2) is 0 Å². The van der Waals surface area contributed by atoms with E-state index in [0.29, 0.717) is 11.3 Å². The van der Waals surface area contributed by atoms with Crippen molar-refractivity contribution in [1.82, 2.24) is 15.0 Å². The molecule has 0 atom stereocenters. The molecule has 3 rings (SSSR count). The fourth-order valence-electron chi connectivity index (χ4n) is 2.17. The van der Waals surface area contributed by atoms with Crippen molar-refractivity contribution in [1.29, 1.82) is 0 Å². The lowest BCUT2D eigenvalue weighted by Crippen LogP contribution is -1.98. The molecular formula is C15H13N3O. The van der Waals surface area contributed by atoms with Gasteiger partial charge in [0.2, 0.25) is 0 Å². The molecule has 94 valence electrons. The topological polar surface area (TPSA) is 55.7 Å². The second kappa shape index (κ2) is 4.09. The zero-order chi connectivity index (χ0) is 13.6. The predicted octanol–water partition coefficient (Wildman–Crippen LogP) is 2.46. The van der Waals surface area contributed by atoms with Gasteiger partial charge in [0.1, 0.15) is 5.82 Å². The Bertz CT molecular complexity index is 872. The molecule has 0 unspecified atom stereocenters. The van der Waals surface area contributed by atoms with E-state index in [9.17, 15) is 4.79 Å². The first-order chi connectivity index (χ1) is 9.04. The molecule has 0 spiro atoms. The van der Waals surface area contributed by atoms with Crippen LogP contribution in [0.1, 0.15) is 17.0 Å². The van der Waals surface area contributed by atoms with E-state index in [4.69, 9.17) is 0 Å². The maximum atomic E-state index is 11.8. The third-order valence-electron chi connectivity index (χ3n) is 3.31. The van der Waals surface area contributed by atoms with E-state index in [-0.39, 0.29) is 5.56 Å². The van der Waals surface area contributed by atoms with E-state index >= 15 is 0 Å². The highest BCUT2D eigenvalue weighted by atomic mass is 16.1. The average molecular weight is 251 g/mol. The van der Waals surface area contributed by atoms with Crippen LogP contribution >= 0.6 is 0 Å². The molecule has 1 aromatic carbocycles. The Balaban J connectivity index is 2.67. The molecule has 4 heteroatoms. The van der Waals surface area contributed by atoms with Crippen molar-refractivity contribution in [3.05, 3.63) is 51.7 Å². The first-order valence-electron chi connectivity index (χ1n) is 6.10. The Morgan fingerprint density at radius 1 is 0.947 bits per heavy atom. The summed E-state index contributed by atoms with van der Waals surface area (Å²) in [6.07, 6.45) is 1.68. The van der Waals surface area contributed by atoms with Crippen LogP contribution < -0.4 is 5.56 Å². The number of fused-ring (bicyclic) bond motifs is 3. The minimum atomic E-state index is -0.268. The van der Waals surface area contributed by atoms with Gasteiger partial charge in [-0.1, -0.05) is 0 Å². The van der Waals surface area contributed by atoms with Crippen LogP contribution in [0.2, 0.25) is 0 Å². The lowest BCUT2D eigenvalue weighted by Gasteiger charge is -2.02. The smallest absolute Gasteiger partial charge is 0.267 e. The van der Waals surface area contributed by atoms with Gasteiger partial charge in [-0.2, -0.15) is 0 Å². The molecule has 19 heavy (non-hydrogen) atoms.